The number of halogens is 2. The molecule has 0 bridgehead atoms. The van der Waals surface area contributed by atoms with E-state index in [-0.39, 0.29) is 27.9 Å². The molecule has 0 aliphatic carbocycles. The van der Waals surface area contributed by atoms with Gasteiger partial charge >= 0.3 is 0 Å². The average Bonchev–Trinajstić information content (AvgIpc) is 2.40. The smallest absolute Gasteiger partial charge is 0.254 e. The summed E-state index contributed by atoms with van der Waals surface area (Å²) in [5.41, 5.74) is 0.374. The number of hydrogen-bond donors (Lipinski definition) is 1. The highest BCUT2D eigenvalue weighted by Gasteiger charge is 2.17. The highest BCUT2D eigenvalue weighted by atomic mass is 19.2. The zero-order valence-electron chi connectivity index (χ0n) is 11.0. The second kappa shape index (κ2) is 4.91. The van der Waals surface area contributed by atoms with Gasteiger partial charge in [0, 0.05) is 17.5 Å². The van der Waals surface area contributed by atoms with E-state index in [0.29, 0.717) is 12.2 Å². The van der Waals surface area contributed by atoms with Gasteiger partial charge in [0.2, 0.25) is 0 Å². The van der Waals surface area contributed by atoms with Crippen molar-refractivity contribution in [2.24, 2.45) is 0 Å². The summed E-state index contributed by atoms with van der Waals surface area (Å²) in [5, 5.41) is 0. The summed E-state index contributed by atoms with van der Waals surface area (Å²) in [6.07, 6.45) is 0.512. The minimum Gasteiger partial charge on any atom is -0.310 e. The van der Waals surface area contributed by atoms with Crippen molar-refractivity contribution in [3.63, 3.8) is 0 Å². The summed E-state index contributed by atoms with van der Waals surface area (Å²) in [4.78, 5) is 18.5. The molecule has 0 spiro atoms. The van der Waals surface area contributed by atoms with E-state index in [9.17, 15) is 13.6 Å². The highest BCUT2D eigenvalue weighted by Crippen LogP contribution is 2.25. The van der Waals surface area contributed by atoms with Crippen LogP contribution in [0.25, 0.3) is 11.3 Å². The normalized spacial score (nSPS) is 10.8. The summed E-state index contributed by atoms with van der Waals surface area (Å²) in [6.45, 7) is 4.85. The van der Waals surface area contributed by atoms with Gasteiger partial charge in [0.05, 0.1) is 5.69 Å². The van der Waals surface area contributed by atoms with E-state index < -0.39 is 11.6 Å². The van der Waals surface area contributed by atoms with Gasteiger partial charge in [-0.25, -0.2) is 13.8 Å². The van der Waals surface area contributed by atoms with Gasteiger partial charge in [0.25, 0.3) is 5.56 Å². The number of aromatic nitrogens is 2. The second-order valence-corrected chi connectivity index (χ2v) is 4.40. The molecule has 19 heavy (non-hydrogen) atoms. The molecule has 100 valence electrons. The van der Waals surface area contributed by atoms with Gasteiger partial charge in [-0.05, 0) is 25.5 Å². The molecule has 2 aromatic rings. The Morgan fingerprint density at radius 3 is 2.53 bits per heavy atom. The Morgan fingerprint density at radius 2 is 1.89 bits per heavy atom. The van der Waals surface area contributed by atoms with Crippen LogP contribution in [0.15, 0.2) is 16.9 Å². The predicted molar refractivity (Wildman–Crippen MR) is 69.1 cm³/mol. The van der Waals surface area contributed by atoms with Gasteiger partial charge < -0.3 is 4.98 Å². The van der Waals surface area contributed by atoms with Crippen LogP contribution in [0.1, 0.15) is 23.9 Å². The van der Waals surface area contributed by atoms with E-state index in [1.54, 1.807) is 0 Å². The maximum atomic E-state index is 14.0. The van der Waals surface area contributed by atoms with Crippen molar-refractivity contribution in [1.82, 2.24) is 9.97 Å². The number of nitrogens with one attached hydrogen (secondary N) is 1. The van der Waals surface area contributed by atoms with Crippen LogP contribution in [0.5, 0.6) is 0 Å². The number of H-pyrrole nitrogens is 1. The number of nitrogens with zero attached hydrogens (tertiary/aromatic N) is 1. The standard InChI is InChI=1S/C14H14F2N2O/c1-4-10-17-13(8(3)14(19)18-10)9-6-5-7(2)11(15)12(9)16/h5-6H,4H2,1-3H3,(H,17,18,19). The fourth-order valence-corrected chi connectivity index (χ4v) is 1.84. The van der Waals surface area contributed by atoms with Crippen molar-refractivity contribution in [2.45, 2.75) is 27.2 Å². The van der Waals surface area contributed by atoms with Crippen molar-refractivity contribution < 1.29 is 8.78 Å². The monoisotopic (exact) mass is 264 g/mol. The van der Waals surface area contributed by atoms with Crippen LogP contribution in [0.3, 0.4) is 0 Å². The summed E-state index contributed by atoms with van der Waals surface area (Å²) in [6, 6.07) is 2.92. The molecule has 0 radical (unpaired) electrons. The number of hydrogen-bond acceptors (Lipinski definition) is 2. The van der Waals surface area contributed by atoms with E-state index in [2.05, 4.69) is 9.97 Å². The van der Waals surface area contributed by atoms with E-state index >= 15 is 0 Å². The first-order valence-corrected chi connectivity index (χ1v) is 6.00. The number of aromatic amines is 1. The second-order valence-electron chi connectivity index (χ2n) is 4.40. The van der Waals surface area contributed by atoms with Crippen LogP contribution in [-0.2, 0) is 6.42 Å². The molecule has 3 nitrogen and oxygen atoms in total. The van der Waals surface area contributed by atoms with Crippen LogP contribution < -0.4 is 5.56 Å². The third-order valence-corrected chi connectivity index (χ3v) is 3.07. The van der Waals surface area contributed by atoms with Crippen molar-refractivity contribution in [3.05, 3.63) is 51.1 Å². The molecule has 1 heterocycles. The lowest BCUT2D eigenvalue weighted by Gasteiger charge is -2.09. The van der Waals surface area contributed by atoms with Crippen molar-refractivity contribution in [1.29, 1.82) is 0 Å². The number of benzene rings is 1. The molecular weight excluding hydrogens is 250 g/mol. The molecule has 0 unspecified atom stereocenters. The summed E-state index contributed by atoms with van der Waals surface area (Å²) < 4.78 is 27.6. The lowest BCUT2D eigenvalue weighted by Crippen LogP contribution is -2.16. The van der Waals surface area contributed by atoms with Crippen molar-refractivity contribution in [3.8, 4) is 11.3 Å². The third kappa shape index (κ3) is 2.28. The van der Waals surface area contributed by atoms with Gasteiger partial charge in [-0.2, -0.15) is 0 Å². The largest absolute Gasteiger partial charge is 0.310 e. The summed E-state index contributed by atoms with van der Waals surface area (Å²) in [7, 11) is 0. The maximum Gasteiger partial charge on any atom is 0.254 e. The van der Waals surface area contributed by atoms with Gasteiger partial charge in [-0.1, -0.05) is 13.0 Å². The third-order valence-electron chi connectivity index (χ3n) is 3.07. The lowest BCUT2D eigenvalue weighted by atomic mass is 10.0. The first-order valence-electron chi connectivity index (χ1n) is 6.00. The quantitative estimate of drug-likeness (QED) is 0.906. The molecule has 0 saturated carbocycles. The van der Waals surface area contributed by atoms with Gasteiger partial charge in [-0.3, -0.25) is 4.79 Å². The molecular formula is C14H14F2N2O. The minimum absolute atomic E-state index is 0.0152. The summed E-state index contributed by atoms with van der Waals surface area (Å²) in [5.74, 6) is -1.42. The van der Waals surface area contributed by atoms with Crippen LogP contribution in [0.2, 0.25) is 0 Å². The van der Waals surface area contributed by atoms with Crippen LogP contribution in [0, 0.1) is 25.5 Å². The van der Waals surface area contributed by atoms with Crippen molar-refractivity contribution in [2.75, 3.05) is 0 Å². The average molecular weight is 264 g/mol. The maximum absolute atomic E-state index is 14.0. The molecule has 2 rings (SSSR count). The minimum atomic E-state index is -0.969. The first-order chi connectivity index (χ1) is 8.95. The Hall–Kier alpha value is -2.04. The Kier molecular flexibility index (Phi) is 3.46. The van der Waals surface area contributed by atoms with E-state index in [0.717, 1.165) is 0 Å². The zero-order valence-corrected chi connectivity index (χ0v) is 11.0. The van der Waals surface area contributed by atoms with E-state index in [4.69, 9.17) is 0 Å². The van der Waals surface area contributed by atoms with Gasteiger partial charge in [0.1, 0.15) is 5.82 Å². The molecule has 1 N–H and O–H groups in total. The highest BCUT2D eigenvalue weighted by molar-refractivity contribution is 5.63. The molecule has 0 atom stereocenters. The topological polar surface area (TPSA) is 45.8 Å². The summed E-state index contributed by atoms with van der Waals surface area (Å²) >= 11 is 0. The lowest BCUT2D eigenvalue weighted by molar-refractivity contribution is 0.505. The molecule has 0 saturated heterocycles. The fourth-order valence-electron chi connectivity index (χ4n) is 1.84. The molecule has 0 aliphatic rings. The van der Waals surface area contributed by atoms with E-state index in [1.807, 2.05) is 6.92 Å². The van der Waals surface area contributed by atoms with Crippen LogP contribution >= 0.6 is 0 Å². The molecule has 0 fully saturated rings. The molecule has 0 amide bonds. The SMILES string of the molecule is CCc1nc(-c2ccc(C)c(F)c2F)c(C)c(=O)[nH]1. The fraction of sp³-hybridized carbons (Fsp3) is 0.286. The zero-order chi connectivity index (χ0) is 14.2. The number of aryl methyl sites for hydroxylation is 2. The molecule has 1 aromatic carbocycles. The molecule has 5 heteroatoms. The molecule has 0 aliphatic heterocycles. The molecule has 1 aromatic heterocycles. The van der Waals surface area contributed by atoms with Crippen molar-refractivity contribution >= 4 is 0 Å². The van der Waals surface area contributed by atoms with Crippen LogP contribution in [-0.4, -0.2) is 9.97 Å². The van der Waals surface area contributed by atoms with Gasteiger partial charge in [0.15, 0.2) is 11.6 Å². The Bertz CT molecular complexity index is 693. The van der Waals surface area contributed by atoms with Crippen LogP contribution in [0.4, 0.5) is 8.78 Å². The van der Waals surface area contributed by atoms with Gasteiger partial charge in [-0.15, -0.1) is 0 Å². The Balaban J connectivity index is 2.75. The predicted octanol–water partition coefficient (Wildman–Crippen LogP) is 2.89. The van der Waals surface area contributed by atoms with E-state index in [1.165, 1.54) is 26.0 Å². The number of rotatable bonds is 2. The first kappa shape index (κ1) is 13.4. The Labute approximate surface area is 109 Å². The Morgan fingerprint density at radius 1 is 1.21 bits per heavy atom.